The molecule has 1 aliphatic rings. The van der Waals surface area contributed by atoms with Gasteiger partial charge in [0.15, 0.2) is 0 Å². The fourth-order valence-corrected chi connectivity index (χ4v) is 3.80. The highest BCUT2D eigenvalue weighted by atomic mass is 16.1. The molecule has 1 aromatic heterocycles. The summed E-state index contributed by atoms with van der Waals surface area (Å²) in [5.41, 5.74) is 7.76. The van der Waals surface area contributed by atoms with E-state index < -0.39 is 0 Å². The van der Waals surface area contributed by atoms with Crippen LogP contribution in [0.3, 0.4) is 0 Å². The van der Waals surface area contributed by atoms with Crippen molar-refractivity contribution in [3.63, 3.8) is 0 Å². The SMILES string of the molecule is CCN1CCC[C@H]1CNCc1cn(CCC(N)=O)c2ccccc12. The van der Waals surface area contributed by atoms with Gasteiger partial charge >= 0.3 is 0 Å². The number of likely N-dealkylation sites (tertiary alicyclic amines) is 1. The molecule has 24 heavy (non-hydrogen) atoms. The number of primary amides is 1. The van der Waals surface area contributed by atoms with Gasteiger partial charge in [-0.2, -0.15) is 0 Å². The van der Waals surface area contributed by atoms with E-state index >= 15 is 0 Å². The van der Waals surface area contributed by atoms with Gasteiger partial charge < -0.3 is 15.6 Å². The number of amides is 1. The fourth-order valence-electron chi connectivity index (χ4n) is 3.80. The normalized spacial score (nSPS) is 18.5. The Labute approximate surface area is 143 Å². The van der Waals surface area contributed by atoms with Gasteiger partial charge in [0.1, 0.15) is 0 Å². The average molecular weight is 328 g/mol. The van der Waals surface area contributed by atoms with Crippen LogP contribution >= 0.6 is 0 Å². The van der Waals surface area contributed by atoms with E-state index in [1.54, 1.807) is 0 Å². The Hall–Kier alpha value is -1.85. The van der Waals surface area contributed by atoms with Crippen LogP contribution < -0.4 is 11.1 Å². The summed E-state index contributed by atoms with van der Waals surface area (Å²) in [4.78, 5) is 13.6. The van der Waals surface area contributed by atoms with Crippen LogP contribution in [0.15, 0.2) is 30.5 Å². The van der Waals surface area contributed by atoms with Crippen molar-refractivity contribution in [3.8, 4) is 0 Å². The number of nitrogens with one attached hydrogen (secondary N) is 1. The van der Waals surface area contributed by atoms with Crippen molar-refractivity contribution in [1.82, 2.24) is 14.8 Å². The van der Waals surface area contributed by atoms with Crippen LogP contribution in [0.5, 0.6) is 0 Å². The summed E-state index contributed by atoms with van der Waals surface area (Å²) < 4.78 is 2.14. The van der Waals surface area contributed by atoms with Gasteiger partial charge in [-0.05, 0) is 37.6 Å². The van der Waals surface area contributed by atoms with Gasteiger partial charge in [-0.15, -0.1) is 0 Å². The second-order valence-corrected chi connectivity index (χ2v) is 6.64. The van der Waals surface area contributed by atoms with E-state index in [1.165, 1.54) is 35.9 Å². The van der Waals surface area contributed by atoms with E-state index in [0.29, 0.717) is 19.0 Å². The molecule has 0 unspecified atom stereocenters. The largest absolute Gasteiger partial charge is 0.370 e. The lowest BCUT2D eigenvalue weighted by atomic mass is 10.1. The van der Waals surface area contributed by atoms with E-state index in [2.05, 4.69) is 46.1 Å². The van der Waals surface area contributed by atoms with Crippen LogP contribution in [0.4, 0.5) is 0 Å². The number of hydrogen-bond acceptors (Lipinski definition) is 3. The number of aryl methyl sites for hydroxylation is 1. The highest BCUT2D eigenvalue weighted by Gasteiger charge is 2.22. The van der Waals surface area contributed by atoms with Crippen LogP contribution in [0.1, 0.15) is 31.7 Å². The molecule has 3 N–H and O–H groups in total. The lowest BCUT2D eigenvalue weighted by molar-refractivity contribution is -0.118. The summed E-state index contributed by atoms with van der Waals surface area (Å²) >= 11 is 0. The molecule has 1 atom stereocenters. The molecule has 1 fully saturated rings. The van der Waals surface area contributed by atoms with Crippen molar-refractivity contribution >= 4 is 16.8 Å². The predicted octanol–water partition coefficient (Wildman–Crippen LogP) is 2.09. The van der Waals surface area contributed by atoms with E-state index in [0.717, 1.165) is 19.6 Å². The number of nitrogens with zero attached hydrogens (tertiary/aromatic N) is 2. The Balaban J connectivity index is 1.66. The zero-order valence-corrected chi connectivity index (χ0v) is 14.5. The molecule has 0 bridgehead atoms. The molecule has 1 amide bonds. The van der Waals surface area contributed by atoms with Gasteiger partial charge in [-0.25, -0.2) is 0 Å². The summed E-state index contributed by atoms with van der Waals surface area (Å²) in [6, 6.07) is 9.03. The number of para-hydroxylation sites is 1. The van der Waals surface area contributed by atoms with Gasteiger partial charge in [0, 0.05) is 49.2 Å². The molecule has 0 saturated carbocycles. The van der Waals surface area contributed by atoms with E-state index in [4.69, 9.17) is 5.73 Å². The maximum atomic E-state index is 11.1. The van der Waals surface area contributed by atoms with Crippen molar-refractivity contribution in [3.05, 3.63) is 36.0 Å². The molecular weight excluding hydrogens is 300 g/mol. The van der Waals surface area contributed by atoms with Gasteiger partial charge in [0.25, 0.3) is 0 Å². The van der Waals surface area contributed by atoms with E-state index in [9.17, 15) is 4.79 Å². The number of hydrogen-bond donors (Lipinski definition) is 2. The summed E-state index contributed by atoms with van der Waals surface area (Å²) in [5.74, 6) is -0.256. The molecule has 1 aromatic carbocycles. The summed E-state index contributed by atoms with van der Waals surface area (Å²) in [6.45, 7) is 7.15. The minimum absolute atomic E-state index is 0.256. The monoisotopic (exact) mass is 328 g/mol. The maximum absolute atomic E-state index is 11.1. The van der Waals surface area contributed by atoms with Crippen LogP contribution in [-0.2, 0) is 17.9 Å². The first kappa shape index (κ1) is 17.0. The van der Waals surface area contributed by atoms with Crippen molar-refractivity contribution in [1.29, 1.82) is 0 Å². The number of fused-ring (bicyclic) bond motifs is 1. The maximum Gasteiger partial charge on any atom is 0.219 e. The molecule has 2 aromatic rings. The summed E-state index contributed by atoms with van der Waals surface area (Å²) in [5, 5.41) is 4.89. The number of likely N-dealkylation sites (N-methyl/N-ethyl adjacent to an activating group) is 1. The van der Waals surface area contributed by atoms with Crippen LogP contribution in [0, 0.1) is 0 Å². The van der Waals surface area contributed by atoms with Gasteiger partial charge in [-0.3, -0.25) is 9.69 Å². The van der Waals surface area contributed by atoms with Gasteiger partial charge in [0.2, 0.25) is 5.91 Å². The molecule has 0 radical (unpaired) electrons. The molecule has 5 heteroatoms. The van der Waals surface area contributed by atoms with Gasteiger partial charge in [-0.1, -0.05) is 25.1 Å². The standard InChI is InChI=1S/C19H28N4O/c1-2-22-10-5-6-16(22)13-21-12-15-14-23(11-9-19(20)24)18-8-4-3-7-17(15)18/h3-4,7-8,14,16,21H,2,5-6,9-13H2,1H3,(H2,20,24)/t16-/m0/s1. The molecule has 0 aliphatic carbocycles. The highest BCUT2D eigenvalue weighted by Crippen LogP contribution is 2.22. The fraction of sp³-hybridized carbons (Fsp3) is 0.526. The first-order chi connectivity index (χ1) is 11.7. The molecule has 2 heterocycles. The molecule has 0 spiro atoms. The van der Waals surface area contributed by atoms with Crippen molar-refractivity contribution in [2.24, 2.45) is 5.73 Å². The molecule has 130 valence electrons. The van der Waals surface area contributed by atoms with Crippen LogP contribution in [-0.4, -0.2) is 41.1 Å². The van der Waals surface area contributed by atoms with Gasteiger partial charge in [0.05, 0.1) is 0 Å². The second-order valence-electron chi connectivity index (χ2n) is 6.64. The number of rotatable bonds is 8. The van der Waals surface area contributed by atoms with E-state index in [-0.39, 0.29) is 5.91 Å². The van der Waals surface area contributed by atoms with Crippen molar-refractivity contribution < 1.29 is 4.79 Å². The minimum atomic E-state index is -0.256. The zero-order valence-electron chi connectivity index (χ0n) is 14.5. The summed E-state index contributed by atoms with van der Waals surface area (Å²) in [6.07, 6.45) is 5.14. The van der Waals surface area contributed by atoms with Crippen molar-refractivity contribution in [2.45, 2.75) is 45.3 Å². The lowest BCUT2D eigenvalue weighted by Gasteiger charge is -2.22. The quantitative estimate of drug-likeness (QED) is 0.780. The van der Waals surface area contributed by atoms with Crippen LogP contribution in [0.2, 0.25) is 0 Å². The Morgan fingerprint density at radius 1 is 1.38 bits per heavy atom. The zero-order chi connectivity index (χ0) is 16.9. The van der Waals surface area contributed by atoms with Crippen molar-refractivity contribution in [2.75, 3.05) is 19.6 Å². The topological polar surface area (TPSA) is 63.3 Å². The predicted molar refractivity (Wildman–Crippen MR) is 97.7 cm³/mol. The van der Waals surface area contributed by atoms with E-state index in [1.807, 2.05) is 6.07 Å². The number of aromatic nitrogens is 1. The highest BCUT2D eigenvalue weighted by molar-refractivity contribution is 5.84. The number of nitrogens with two attached hydrogens (primary N) is 1. The summed E-state index contributed by atoms with van der Waals surface area (Å²) in [7, 11) is 0. The Morgan fingerprint density at radius 2 is 2.21 bits per heavy atom. The molecule has 5 nitrogen and oxygen atoms in total. The Bertz CT molecular complexity index is 694. The average Bonchev–Trinajstić information content (AvgIpc) is 3.18. The Kier molecular flexibility index (Phi) is 5.53. The third-order valence-electron chi connectivity index (χ3n) is 5.07. The smallest absolute Gasteiger partial charge is 0.219 e. The number of carbonyl (C=O) groups excluding carboxylic acids is 1. The first-order valence-electron chi connectivity index (χ1n) is 8.99. The molecule has 3 rings (SSSR count). The molecule has 1 aliphatic heterocycles. The molecule has 1 saturated heterocycles. The van der Waals surface area contributed by atoms with Crippen LogP contribution in [0.25, 0.3) is 10.9 Å². The number of benzene rings is 1. The number of carbonyl (C=O) groups is 1. The third kappa shape index (κ3) is 3.79. The minimum Gasteiger partial charge on any atom is -0.370 e. The third-order valence-corrected chi connectivity index (χ3v) is 5.07. The second kappa shape index (κ2) is 7.81. The lowest BCUT2D eigenvalue weighted by Crippen LogP contribution is -2.37. The Morgan fingerprint density at radius 3 is 3.00 bits per heavy atom. The first-order valence-corrected chi connectivity index (χ1v) is 8.99. The molecular formula is C19H28N4O.